The Morgan fingerprint density at radius 1 is 1.33 bits per heavy atom. The minimum atomic E-state index is 0.303. The van der Waals surface area contributed by atoms with Crippen LogP contribution in [0.15, 0.2) is 24.4 Å². The molecule has 0 amide bonds. The molecule has 0 saturated heterocycles. The SMILES string of the molecule is Cc1cn2nc(N(C)Cc3ccc4c(c3)OCO4)sc2n1. The summed E-state index contributed by atoms with van der Waals surface area (Å²) in [5, 5.41) is 5.48. The van der Waals surface area contributed by atoms with E-state index in [-0.39, 0.29) is 0 Å². The summed E-state index contributed by atoms with van der Waals surface area (Å²) < 4.78 is 12.6. The molecule has 3 heterocycles. The highest BCUT2D eigenvalue weighted by molar-refractivity contribution is 7.20. The van der Waals surface area contributed by atoms with E-state index in [1.165, 1.54) is 0 Å². The van der Waals surface area contributed by atoms with Crippen LogP contribution in [0.1, 0.15) is 11.3 Å². The van der Waals surface area contributed by atoms with Crippen LogP contribution in [0.4, 0.5) is 5.13 Å². The predicted molar refractivity (Wildman–Crippen MR) is 80.3 cm³/mol. The van der Waals surface area contributed by atoms with Gasteiger partial charge in [-0.1, -0.05) is 17.4 Å². The largest absolute Gasteiger partial charge is 0.454 e. The van der Waals surface area contributed by atoms with Gasteiger partial charge in [-0.25, -0.2) is 9.50 Å². The number of imidazole rings is 1. The quantitative estimate of drug-likeness (QED) is 0.744. The van der Waals surface area contributed by atoms with E-state index in [0.717, 1.165) is 39.4 Å². The van der Waals surface area contributed by atoms with Crippen molar-refractivity contribution in [2.75, 3.05) is 18.7 Å². The third kappa shape index (κ3) is 2.19. The third-order valence-corrected chi connectivity index (χ3v) is 4.37. The zero-order chi connectivity index (χ0) is 14.4. The molecule has 108 valence electrons. The summed E-state index contributed by atoms with van der Waals surface area (Å²) in [5.74, 6) is 1.62. The van der Waals surface area contributed by atoms with Crippen LogP contribution in [-0.2, 0) is 6.54 Å². The number of aryl methyl sites for hydroxylation is 1. The van der Waals surface area contributed by atoms with Crippen molar-refractivity contribution in [1.29, 1.82) is 0 Å². The summed E-state index contributed by atoms with van der Waals surface area (Å²) in [7, 11) is 2.02. The van der Waals surface area contributed by atoms with Crippen LogP contribution in [0.5, 0.6) is 11.5 Å². The molecule has 0 bridgehead atoms. The van der Waals surface area contributed by atoms with Crippen LogP contribution < -0.4 is 14.4 Å². The molecule has 0 unspecified atom stereocenters. The molecule has 6 nitrogen and oxygen atoms in total. The maximum Gasteiger partial charge on any atom is 0.231 e. The molecular formula is C14H14N4O2S. The van der Waals surface area contributed by atoms with E-state index in [9.17, 15) is 0 Å². The van der Waals surface area contributed by atoms with E-state index < -0.39 is 0 Å². The monoisotopic (exact) mass is 302 g/mol. The number of hydrogen-bond donors (Lipinski definition) is 0. The van der Waals surface area contributed by atoms with Crippen LogP contribution in [0.3, 0.4) is 0 Å². The number of rotatable bonds is 3. The molecular weight excluding hydrogens is 288 g/mol. The molecule has 2 aromatic heterocycles. The molecule has 4 rings (SSSR count). The smallest absolute Gasteiger partial charge is 0.231 e. The van der Waals surface area contributed by atoms with Gasteiger partial charge in [-0.3, -0.25) is 0 Å². The van der Waals surface area contributed by atoms with Crippen molar-refractivity contribution in [3.63, 3.8) is 0 Å². The van der Waals surface area contributed by atoms with E-state index in [1.54, 1.807) is 11.3 Å². The summed E-state index contributed by atoms with van der Waals surface area (Å²) in [6.45, 7) is 3.03. The Labute approximate surface area is 125 Å². The van der Waals surface area contributed by atoms with Gasteiger partial charge < -0.3 is 14.4 Å². The van der Waals surface area contributed by atoms with E-state index in [2.05, 4.69) is 15.0 Å². The second kappa shape index (κ2) is 4.63. The van der Waals surface area contributed by atoms with E-state index in [4.69, 9.17) is 9.47 Å². The molecule has 0 N–H and O–H groups in total. The average molecular weight is 302 g/mol. The molecule has 0 fully saturated rings. The summed E-state index contributed by atoms with van der Waals surface area (Å²) in [6.07, 6.45) is 1.93. The molecule has 7 heteroatoms. The van der Waals surface area contributed by atoms with Gasteiger partial charge in [0, 0.05) is 13.6 Å². The molecule has 3 aromatic rings. The molecule has 0 radical (unpaired) electrons. The van der Waals surface area contributed by atoms with Crippen molar-refractivity contribution in [2.45, 2.75) is 13.5 Å². The number of benzene rings is 1. The summed E-state index contributed by atoms with van der Waals surface area (Å²) in [5.41, 5.74) is 2.14. The number of aromatic nitrogens is 3. The lowest BCUT2D eigenvalue weighted by Gasteiger charge is -2.15. The van der Waals surface area contributed by atoms with Crippen molar-refractivity contribution < 1.29 is 9.47 Å². The lowest BCUT2D eigenvalue weighted by molar-refractivity contribution is 0.174. The Kier molecular flexibility index (Phi) is 2.75. The maximum atomic E-state index is 5.41. The van der Waals surface area contributed by atoms with Crippen molar-refractivity contribution in [1.82, 2.24) is 14.6 Å². The van der Waals surface area contributed by atoms with Crippen LogP contribution in [0.2, 0.25) is 0 Å². The van der Waals surface area contributed by atoms with Crippen LogP contribution in [0.25, 0.3) is 4.96 Å². The lowest BCUT2D eigenvalue weighted by Crippen LogP contribution is -2.16. The molecule has 21 heavy (non-hydrogen) atoms. The van der Waals surface area contributed by atoms with Gasteiger partial charge in [-0.15, -0.1) is 5.10 Å². The number of ether oxygens (including phenoxy) is 2. The van der Waals surface area contributed by atoms with Crippen LogP contribution in [-0.4, -0.2) is 28.4 Å². The van der Waals surface area contributed by atoms with Gasteiger partial charge in [0.05, 0.1) is 11.9 Å². The van der Waals surface area contributed by atoms with Gasteiger partial charge in [-0.05, 0) is 24.6 Å². The van der Waals surface area contributed by atoms with Crippen molar-refractivity contribution >= 4 is 21.4 Å². The summed E-state index contributed by atoms with van der Waals surface area (Å²) >= 11 is 1.58. The molecule has 0 spiro atoms. The minimum Gasteiger partial charge on any atom is -0.454 e. The van der Waals surface area contributed by atoms with Gasteiger partial charge in [-0.2, -0.15) is 0 Å². The van der Waals surface area contributed by atoms with Crippen LogP contribution >= 0.6 is 11.3 Å². The highest BCUT2D eigenvalue weighted by Crippen LogP contribution is 2.33. The molecule has 0 aliphatic carbocycles. The molecule has 0 saturated carbocycles. The fourth-order valence-corrected chi connectivity index (χ4v) is 3.22. The van der Waals surface area contributed by atoms with Crippen molar-refractivity contribution in [3.8, 4) is 11.5 Å². The maximum absolute atomic E-state index is 5.41. The summed E-state index contributed by atoms with van der Waals surface area (Å²) in [4.78, 5) is 7.45. The molecule has 0 atom stereocenters. The van der Waals surface area contributed by atoms with E-state index in [1.807, 2.05) is 42.9 Å². The average Bonchev–Trinajstić information content (AvgIpc) is 3.11. The Balaban J connectivity index is 1.56. The van der Waals surface area contributed by atoms with Gasteiger partial charge in [0.15, 0.2) is 11.5 Å². The lowest BCUT2D eigenvalue weighted by atomic mass is 10.2. The molecule has 1 aliphatic rings. The van der Waals surface area contributed by atoms with Gasteiger partial charge in [0.25, 0.3) is 0 Å². The van der Waals surface area contributed by atoms with Crippen molar-refractivity contribution in [3.05, 3.63) is 35.7 Å². The number of fused-ring (bicyclic) bond motifs is 2. The first-order valence-electron chi connectivity index (χ1n) is 6.61. The zero-order valence-corrected chi connectivity index (χ0v) is 12.6. The zero-order valence-electron chi connectivity index (χ0n) is 11.7. The third-order valence-electron chi connectivity index (χ3n) is 3.34. The fourth-order valence-electron chi connectivity index (χ4n) is 2.33. The number of hydrogen-bond acceptors (Lipinski definition) is 6. The van der Waals surface area contributed by atoms with E-state index >= 15 is 0 Å². The Morgan fingerprint density at radius 3 is 3.05 bits per heavy atom. The first-order chi connectivity index (χ1) is 10.2. The fraction of sp³-hybridized carbons (Fsp3) is 0.286. The standard InChI is InChI=1S/C14H14N4O2S/c1-9-6-18-13(15-9)21-14(16-18)17(2)7-10-3-4-11-12(5-10)20-8-19-11/h3-6H,7-8H2,1-2H3. The Bertz CT molecular complexity index is 779. The second-order valence-electron chi connectivity index (χ2n) is 5.04. The van der Waals surface area contributed by atoms with Gasteiger partial charge >= 0.3 is 0 Å². The highest BCUT2D eigenvalue weighted by atomic mass is 32.1. The normalized spacial score (nSPS) is 13.0. The number of anilines is 1. The van der Waals surface area contributed by atoms with Gasteiger partial charge in [0.2, 0.25) is 16.9 Å². The Morgan fingerprint density at radius 2 is 2.19 bits per heavy atom. The first-order valence-corrected chi connectivity index (χ1v) is 7.43. The van der Waals surface area contributed by atoms with Crippen LogP contribution in [0, 0.1) is 6.92 Å². The predicted octanol–water partition coefficient (Wildman–Crippen LogP) is 2.46. The van der Waals surface area contributed by atoms with Crippen molar-refractivity contribution in [2.24, 2.45) is 0 Å². The minimum absolute atomic E-state index is 0.303. The Hall–Kier alpha value is -2.28. The highest BCUT2D eigenvalue weighted by Gasteiger charge is 2.15. The molecule has 1 aliphatic heterocycles. The summed E-state index contributed by atoms with van der Waals surface area (Å²) in [6, 6.07) is 6.01. The molecule has 1 aromatic carbocycles. The van der Waals surface area contributed by atoms with Gasteiger partial charge in [0.1, 0.15) is 0 Å². The first kappa shape index (κ1) is 12.5. The number of nitrogens with zero attached hydrogens (tertiary/aromatic N) is 4. The second-order valence-corrected chi connectivity index (χ2v) is 5.97. The van der Waals surface area contributed by atoms with E-state index in [0.29, 0.717) is 6.79 Å². The topological polar surface area (TPSA) is 51.9 Å².